The van der Waals surface area contributed by atoms with Crippen molar-refractivity contribution in [3.8, 4) is 0 Å². The first-order chi connectivity index (χ1) is 7.77. The zero-order valence-corrected chi connectivity index (χ0v) is 10.7. The van der Waals surface area contributed by atoms with Crippen molar-refractivity contribution in [2.24, 2.45) is 0 Å². The second-order valence-corrected chi connectivity index (χ2v) is 5.02. The number of aromatic nitrogens is 2. The molecule has 1 aromatic rings. The molecule has 0 bridgehead atoms. The van der Waals surface area contributed by atoms with E-state index in [1.165, 1.54) is 44.9 Å². The molecule has 0 amide bonds. The predicted octanol–water partition coefficient (Wildman–Crippen LogP) is 2.67. The topological polar surface area (TPSA) is 57.8 Å². The average molecular weight is 286 g/mol. The Morgan fingerprint density at radius 2 is 2.00 bits per heavy atom. The zero-order chi connectivity index (χ0) is 11.4. The summed E-state index contributed by atoms with van der Waals surface area (Å²) in [6.45, 7) is 0. The highest BCUT2D eigenvalue weighted by Crippen LogP contribution is 2.22. The Bertz CT molecular complexity index is 396. The lowest BCUT2D eigenvalue weighted by Gasteiger charge is -2.17. The molecule has 0 aromatic carbocycles. The Balaban J connectivity index is 2.07. The van der Waals surface area contributed by atoms with Gasteiger partial charge in [0, 0.05) is 6.04 Å². The summed E-state index contributed by atoms with van der Waals surface area (Å²) in [5.74, 6) is 0.663. The second-order valence-electron chi connectivity index (χ2n) is 4.23. The van der Waals surface area contributed by atoms with Crippen LogP contribution in [0.4, 0.5) is 5.82 Å². The lowest BCUT2D eigenvalue weighted by atomic mass is 10.1. The number of hydrogen-bond donors (Lipinski definition) is 2. The highest BCUT2D eigenvalue weighted by molar-refractivity contribution is 9.10. The summed E-state index contributed by atoms with van der Waals surface area (Å²) < 4.78 is 0.499. The van der Waals surface area contributed by atoms with Gasteiger partial charge in [-0.3, -0.25) is 4.79 Å². The number of hydrogen-bond acceptors (Lipinski definition) is 3. The van der Waals surface area contributed by atoms with Gasteiger partial charge in [0.15, 0.2) is 0 Å². The predicted molar refractivity (Wildman–Crippen MR) is 67.7 cm³/mol. The minimum atomic E-state index is -0.133. The maximum atomic E-state index is 11.4. The van der Waals surface area contributed by atoms with E-state index < -0.39 is 0 Å². The molecule has 0 aliphatic heterocycles. The molecule has 2 rings (SSSR count). The number of halogens is 1. The summed E-state index contributed by atoms with van der Waals surface area (Å²) >= 11 is 3.26. The number of anilines is 1. The highest BCUT2D eigenvalue weighted by Gasteiger charge is 2.14. The van der Waals surface area contributed by atoms with E-state index in [0.29, 0.717) is 16.3 Å². The van der Waals surface area contributed by atoms with E-state index in [1.807, 2.05) is 0 Å². The van der Waals surface area contributed by atoms with Gasteiger partial charge in [0.2, 0.25) is 0 Å². The van der Waals surface area contributed by atoms with Crippen LogP contribution < -0.4 is 10.9 Å². The molecule has 5 heteroatoms. The van der Waals surface area contributed by atoms with Gasteiger partial charge in [-0.15, -0.1) is 0 Å². The first-order valence-corrected chi connectivity index (χ1v) is 6.56. The van der Waals surface area contributed by atoms with Gasteiger partial charge in [0.05, 0.1) is 6.33 Å². The van der Waals surface area contributed by atoms with Crippen LogP contribution in [-0.4, -0.2) is 16.0 Å². The molecule has 2 N–H and O–H groups in total. The molecular weight excluding hydrogens is 270 g/mol. The van der Waals surface area contributed by atoms with Crippen molar-refractivity contribution < 1.29 is 0 Å². The molecule has 88 valence electrons. The van der Waals surface area contributed by atoms with Crippen LogP contribution in [0.3, 0.4) is 0 Å². The number of rotatable bonds is 2. The van der Waals surface area contributed by atoms with Crippen LogP contribution in [-0.2, 0) is 0 Å². The summed E-state index contributed by atoms with van der Waals surface area (Å²) in [5.41, 5.74) is -0.133. The summed E-state index contributed by atoms with van der Waals surface area (Å²) in [6.07, 6.45) is 8.94. The van der Waals surface area contributed by atoms with Gasteiger partial charge in [-0.25, -0.2) is 4.98 Å². The Morgan fingerprint density at radius 1 is 1.31 bits per heavy atom. The molecular formula is C11H16BrN3O. The molecule has 0 spiro atoms. The van der Waals surface area contributed by atoms with Crippen LogP contribution in [0, 0.1) is 0 Å². The van der Waals surface area contributed by atoms with E-state index in [-0.39, 0.29) is 5.56 Å². The van der Waals surface area contributed by atoms with Crippen LogP contribution in [0.1, 0.15) is 38.5 Å². The smallest absolute Gasteiger partial charge is 0.267 e. The van der Waals surface area contributed by atoms with E-state index >= 15 is 0 Å². The minimum absolute atomic E-state index is 0.133. The van der Waals surface area contributed by atoms with E-state index in [1.54, 1.807) is 0 Å². The van der Waals surface area contributed by atoms with E-state index in [2.05, 4.69) is 31.2 Å². The largest absolute Gasteiger partial charge is 0.366 e. The van der Waals surface area contributed by atoms with Crippen LogP contribution in [0.25, 0.3) is 0 Å². The van der Waals surface area contributed by atoms with Gasteiger partial charge < -0.3 is 10.3 Å². The van der Waals surface area contributed by atoms with Crippen molar-refractivity contribution in [1.29, 1.82) is 0 Å². The molecule has 0 radical (unpaired) electrons. The minimum Gasteiger partial charge on any atom is -0.366 e. The fourth-order valence-electron chi connectivity index (χ4n) is 2.10. The second kappa shape index (κ2) is 5.48. The maximum Gasteiger partial charge on any atom is 0.267 e. The van der Waals surface area contributed by atoms with Gasteiger partial charge in [-0.05, 0) is 28.8 Å². The fourth-order valence-corrected chi connectivity index (χ4v) is 2.43. The molecule has 1 saturated carbocycles. The fraction of sp³-hybridized carbons (Fsp3) is 0.636. The van der Waals surface area contributed by atoms with E-state index in [9.17, 15) is 4.79 Å². The summed E-state index contributed by atoms with van der Waals surface area (Å²) in [6, 6.07) is 0.452. The van der Waals surface area contributed by atoms with Crippen LogP contribution in [0.2, 0.25) is 0 Å². The summed E-state index contributed by atoms with van der Waals surface area (Å²) in [7, 11) is 0. The Kier molecular flexibility index (Phi) is 3.98. The van der Waals surface area contributed by atoms with Crippen molar-refractivity contribution in [1.82, 2.24) is 9.97 Å². The van der Waals surface area contributed by atoms with Crippen molar-refractivity contribution in [3.05, 3.63) is 21.2 Å². The lowest BCUT2D eigenvalue weighted by molar-refractivity contribution is 0.617. The Hall–Kier alpha value is -0.840. The Labute approximate surface area is 103 Å². The number of nitrogens with one attached hydrogen (secondary N) is 2. The van der Waals surface area contributed by atoms with E-state index in [4.69, 9.17) is 0 Å². The molecule has 1 aliphatic rings. The molecule has 1 fully saturated rings. The molecule has 1 aromatic heterocycles. The third-order valence-corrected chi connectivity index (χ3v) is 3.73. The number of H-pyrrole nitrogens is 1. The molecule has 0 unspecified atom stereocenters. The molecule has 0 saturated heterocycles. The van der Waals surface area contributed by atoms with E-state index in [0.717, 1.165) is 0 Å². The van der Waals surface area contributed by atoms with Crippen LogP contribution >= 0.6 is 15.9 Å². The monoisotopic (exact) mass is 285 g/mol. The third kappa shape index (κ3) is 2.84. The molecule has 1 aliphatic carbocycles. The van der Waals surface area contributed by atoms with Crippen molar-refractivity contribution >= 4 is 21.7 Å². The quantitative estimate of drug-likeness (QED) is 0.822. The molecule has 0 atom stereocenters. The molecule has 16 heavy (non-hydrogen) atoms. The van der Waals surface area contributed by atoms with Gasteiger partial charge >= 0.3 is 0 Å². The standard InChI is InChI=1S/C11H16BrN3O/c12-9-10(13-7-14-11(9)16)15-8-5-3-1-2-4-6-8/h7-8H,1-6H2,(H2,13,14,15,16). The number of nitrogens with zero attached hydrogens (tertiary/aromatic N) is 1. The SMILES string of the molecule is O=c1[nH]cnc(NC2CCCCCC2)c1Br. The van der Waals surface area contributed by atoms with Gasteiger partial charge in [-0.1, -0.05) is 25.7 Å². The average Bonchev–Trinajstić information content (AvgIpc) is 2.53. The van der Waals surface area contributed by atoms with Gasteiger partial charge in [0.25, 0.3) is 5.56 Å². The van der Waals surface area contributed by atoms with Gasteiger partial charge in [0.1, 0.15) is 10.3 Å². The van der Waals surface area contributed by atoms with Crippen LogP contribution in [0.5, 0.6) is 0 Å². The molecule has 1 heterocycles. The Morgan fingerprint density at radius 3 is 2.69 bits per heavy atom. The van der Waals surface area contributed by atoms with Gasteiger partial charge in [-0.2, -0.15) is 0 Å². The number of aromatic amines is 1. The third-order valence-electron chi connectivity index (χ3n) is 2.99. The first kappa shape index (κ1) is 11.6. The highest BCUT2D eigenvalue weighted by atomic mass is 79.9. The van der Waals surface area contributed by atoms with Crippen molar-refractivity contribution in [3.63, 3.8) is 0 Å². The van der Waals surface area contributed by atoms with Crippen molar-refractivity contribution in [2.45, 2.75) is 44.6 Å². The molecule has 4 nitrogen and oxygen atoms in total. The normalized spacial score (nSPS) is 18.1. The first-order valence-electron chi connectivity index (χ1n) is 5.77. The maximum absolute atomic E-state index is 11.4. The lowest BCUT2D eigenvalue weighted by Crippen LogP contribution is -2.21. The van der Waals surface area contributed by atoms with Crippen molar-refractivity contribution in [2.75, 3.05) is 5.32 Å². The summed E-state index contributed by atoms with van der Waals surface area (Å²) in [4.78, 5) is 18.1. The van der Waals surface area contributed by atoms with Crippen LogP contribution in [0.15, 0.2) is 15.6 Å². The zero-order valence-electron chi connectivity index (χ0n) is 9.13. The summed E-state index contributed by atoms with van der Waals surface area (Å²) in [5, 5.41) is 3.35.